The number of hydrogen-bond donors (Lipinski definition) is 1. The van der Waals surface area contributed by atoms with Crippen molar-refractivity contribution in [2.24, 2.45) is 7.05 Å². The van der Waals surface area contributed by atoms with E-state index in [1.807, 2.05) is 0 Å². The van der Waals surface area contributed by atoms with Crippen LogP contribution in [0.5, 0.6) is 0 Å². The van der Waals surface area contributed by atoms with E-state index in [-0.39, 0.29) is 5.78 Å². The number of rotatable bonds is 2. The summed E-state index contributed by atoms with van der Waals surface area (Å²) in [4.78, 5) is 20.5. The molecule has 21 heavy (non-hydrogen) atoms. The van der Waals surface area contributed by atoms with Gasteiger partial charge in [-0.25, -0.2) is 4.98 Å². The van der Waals surface area contributed by atoms with Crippen LogP contribution in [-0.2, 0) is 7.05 Å². The molecule has 102 valence electrons. The van der Waals surface area contributed by atoms with Crippen molar-refractivity contribution in [3.05, 3.63) is 53.3 Å². The number of nitrogens with two attached hydrogens (primary N) is 1. The Balaban J connectivity index is 2.22. The fourth-order valence-electron chi connectivity index (χ4n) is 2.25. The number of nitrogen functional groups attached to an aromatic ring is 1. The molecule has 2 heterocycles. The number of aromatic nitrogens is 3. The van der Waals surface area contributed by atoms with Gasteiger partial charge in [-0.2, -0.15) is 5.26 Å². The summed E-state index contributed by atoms with van der Waals surface area (Å²) in [5.41, 5.74) is 8.14. The van der Waals surface area contributed by atoms with Crippen LogP contribution in [0, 0.1) is 11.3 Å². The Morgan fingerprint density at radius 1 is 1.38 bits per heavy atom. The third kappa shape index (κ3) is 2.01. The molecule has 0 fully saturated rings. The van der Waals surface area contributed by atoms with E-state index in [4.69, 9.17) is 5.73 Å². The molecule has 0 radical (unpaired) electrons. The van der Waals surface area contributed by atoms with E-state index in [0.29, 0.717) is 33.7 Å². The standard InChI is InChI=1S/C15H11N5O/c1-20-13-11(7-16)5-10(6-12(13)19-15(20)17)14(21)9-3-2-4-18-8-9/h2-6,8H,1H3,(H2,17,19). The summed E-state index contributed by atoms with van der Waals surface area (Å²) in [5, 5.41) is 9.29. The zero-order chi connectivity index (χ0) is 15.0. The van der Waals surface area contributed by atoms with Crippen LogP contribution in [0.4, 0.5) is 5.95 Å². The molecular weight excluding hydrogens is 266 g/mol. The summed E-state index contributed by atoms with van der Waals surface area (Å²) in [5.74, 6) is 0.0956. The maximum atomic E-state index is 12.4. The topological polar surface area (TPSA) is 97.6 Å². The second kappa shape index (κ2) is 4.72. The molecule has 2 N–H and O–H groups in total. The number of imidazole rings is 1. The number of carbonyl (C=O) groups excluding carboxylic acids is 1. The molecule has 3 rings (SSSR count). The Labute approximate surface area is 120 Å². The summed E-state index contributed by atoms with van der Waals surface area (Å²) in [6, 6.07) is 8.65. The molecule has 2 aromatic heterocycles. The minimum Gasteiger partial charge on any atom is -0.369 e. The maximum Gasteiger partial charge on any atom is 0.200 e. The van der Waals surface area contributed by atoms with Crippen molar-refractivity contribution >= 4 is 22.8 Å². The average molecular weight is 277 g/mol. The number of aryl methyl sites for hydroxylation is 1. The van der Waals surface area contributed by atoms with Gasteiger partial charge in [0.15, 0.2) is 5.78 Å². The molecule has 0 bridgehead atoms. The van der Waals surface area contributed by atoms with E-state index in [9.17, 15) is 10.1 Å². The minimum atomic E-state index is -0.203. The Hall–Kier alpha value is -3.20. The van der Waals surface area contributed by atoms with Crippen LogP contribution in [-0.4, -0.2) is 20.3 Å². The zero-order valence-electron chi connectivity index (χ0n) is 11.2. The van der Waals surface area contributed by atoms with Gasteiger partial charge >= 0.3 is 0 Å². The first-order valence-corrected chi connectivity index (χ1v) is 6.22. The van der Waals surface area contributed by atoms with Crippen molar-refractivity contribution in [3.63, 3.8) is 0 Å². The molecule has 0 amide bonds. The van der Waals surface area contributed by atoms with Gasteiger partial charge in [-0.3, -0.25) is 9.78 Å². The third-order valence-corrected chi connectivity index (χ3v) is 3.31. The number of ketones is 1. The van der Waals surface area contributed by atoms with Crippen molar-refractivity contribution < 1.29 is 4.79 Å². The number of anilines is 1. The fourth-order valence-corrected chi connectivity index (χ4v) is 2.25. The van der Waals surface area contributed by atoms with E-state index in [1.54, 1.807) is 42.1 Å². The molecule has 0 saturated heterocycles. The molecule has 0 aliphatic carbocycles. The first kappa shape index (κ1) is 12.8. The molecule has 0 spiro atoms. The lowest BCUT2D eigenvalue weighted by atomic mass is 10.0. The van der Waals surface area contributed by atoms with Gasteiger partial charge < -0.3 is 10.3 Å². The minimum absolute atomic E-state index is 0.203. The largest absolute Gasteiger partial charge is 0.369 e. The van der Waals surface area contributed by atoms with Crippen LogP contribution in [0.25, 0.3) is 11.0 Å². The van der Waals surface area contributed by atoms with Gasteiger partial charge in [-0.05, 0) is 24.3 Å². The van der Waals surface area contributed by atoms with E-state index >= 15 is 0 Å². The Morgan fingerprint density at radius 2 is 2.19 bits per heavy atom. The van der Waals surface area contributed by atoms with Gasteiger partial charge in [0.25, 0.3) is 0 Å². The lowest BCUT2D eigenvalue weighted by Gasteiger charge is -2.03. The molecule has 6 heteroatoms. The molecule has 0 aliphatic rings. The van der Waals surface area contributed by atoms with Gasteiger partial charge in [0.05, 0.1) is 16.6 Å². The van der Waals surface area contributed by atoms with Crippen LogP contribution < -0.4 is 5.73 Å². The number of nitriles is 1. The van der Waals surface area contributed by atoms with Crippen LogP contribution in [0.1, 0.15) is 21.5 Å². The summed E-state index contributed by atoms with van der Waals surface area (Å²) >= 11 is 0. The third-order valence-electron chi connectivity index (χ3n) is 3.31. The highest BCUT2D eigenvalue weighted by molar-refractivity contribution is 6.10. The summed E-state index contributed by atoms with van der Waals surface area (Å²) in [6.07, 6.45) is 3.09. The van der Waals surface area contributed by atoms with Crippen molar-refractivity contribution in [2.45, 2.75) is 0 Å². The van der Waals surface area contributed by atoms with Crippen LogP contribution >= 0.6 is 0 Å². The predicted molar refractivity (Wildman–Crippen MR) is 77.5 cm³/mol. The molecule has 1 aromatic carbocycles. The summed E-state index contributed by atoms with van der Waals surface area (Å²) in [6.45, 7) is 0. The zero-order valence-corrected chi connectivity index (χ0v) is 11.2. The van der Waals surface area contributed by atoms with E-state index in [2.05, 4.69) is 16.0 Å². The lowest BCUT2D eigenvalue weighted by Crippen LogP contribution is -2.03. The first-order valence-electron chi connectivity index (χ1n) is 6.22. The van der Waals surface area contributed by atoms with E-state index in [0.717, 1.165) is 0 Å². The second-order valence-corrected chi connectivity index (χ2v) is 4.60. The van der Waals surface area contributed by atoms with Crippen LogP contribution in [0.3, 0.4) is 0 Å². The molecule has 0 unspecified atom stereocenters. The van der Waals surface area contributed by atoms with Crippen molar-refractivity contribution in [1.29, 1.82) is 5.26 Å². The molecule has 6 nitrogen and oxygen atoms in total. The Kier molecular flexibility index (Phi) is 2.88. The normalized spacial score (nSPS) is 10.5. The van der Waals surface area contributed by atoms with Crippen molar-refractivity contribution in [3.8, 4) is 6.07 Å². The fraction of sp³-hybridized carbons (Fsp3) is 0.0667. The number of nitrogens with zero attached hydrogens (tertiary/aromatic N) is 4. The molecule has 0 atom stereocenters. The number of hydrogen-bond acceptors (Lipinski definition) is 5. The maximum absolute atomic E-state index is 12.4. The van der Waals surface area contributed by atoms with Gasteiger partial charge in [0, 0.05) is 30.6 Å². The predicted octanol–water partition coefficient (Wildman–Crippen LogP) is 1.65. The van der Waals surface area contributed by atoms with E-state index in [1.165, 1.54) is 6.20 Å². The quantitative estimate of drug-likeness (QED) is 0.718. The van der Waals surface area contributed by atoms with Gasteiger partial charge in [-0.1, -0.05) is 0 Å². The molecule has 0 aliphatic heterocycles. The summed E-state index contributed by atoms with van der Waals surface area (Å²) in [7, 11) is 1.73. The Bertz CT molecular complexity index is 890. The number of pyridine rings is 1. The van der Waals surface area contributed by atoms with E-state index < -0.39 is 0 Å². The van der Waals surface area contributed by atoms with Crippen LogP contribution in [0.2, 0.25) is 0 Å². The molecule has 3 aromatic rings. The SMILES string of the molecule is Cn1c(N)nc2cc(C(=O)c3cccnc3)cc(C#N)c21. The second-order valence-electron chi connectivity index (χ2n) is 4.60. The Morgan fingerprint density at radius 3 is 2.86 bits per heavy atom. The van der Waals surface area contributed by atoms with Crippen LogP contribution in [0.15, 0.2) is 36.7 Å². The highest BCUT2D eigenvalue weighted by Crippen LogP contribution is 2.23. The highest BCUT2D eigenvalue weighted by atomic mass is 16.1. The first-order chi connectivity index (χ1) is 10.1. The van der Waals surface area contributed by atoms with Gasteiger partial charge in [0.2, 0.25) is 5.95 Å². The molecular formula is C15H11N5O. The highest BCUT2D eigenvalue weighted by Gasteiger charge is 2.16. The summed E-state index contributed by atoms with van der Waals surface area (Å²) < 4.78 is 1.63. The van der Waals surface area contributed by atoms with Gasteiger partial charge in [0.1, 0.15) is 6.07 Å². The monoisotopic (exact) mass is 277 g/mol. The van der Waals surface area contributed by atoms with Gasteiger partial charge in [-0.15, -0.1) is 0 Å². The number of fused-ring (bicyclic) bond motifs is 1. The van der Waals surface area contributed by atoms with Crippen molar-refractivity contribution in [1.82, 2.24) is 14.5 Å². The average Bonchev–Trinajstić information content (AvgIpc) is 2.81. The molecule has 0 saturated carbocycles. The van der Waals surface area contributed by atoms with Crippen molar-refractivity contribution in [2.75, 3.05) is 5.73 Å². The lowest BCUT2D eigenvalue weighted by molar-refractivity contribution is 0.103. The number of benzene rings is 1. The smallest absolute Gasteiger partial charge is 0.200 e. The number of carbonyl (C=O) groups is 1.